The second-order valence-corrected chi connectivity index (χ2v) is 2.32. The number of aromatic amines is 1. The maximum atomic E-state index is 7.25. The topological polar surface area (TPSA) is 28.7 Å². The highest BCUT2D eigenvalue weighted by Gasteiger charge is 1.95. The van der Waals surface area contributed by atoms with Gasteiger partial charge >= 0.3 is 0 Å². The van der Waals surface area contributed by atoms with Gasteiger partial charge in [0.2, 0.25) is 0 Å². The molecule has 2 aromatic rings. The molecule has 2 heteroatoms. The summed E-state index contributed by atoms with van der Waals surface area (Å²) in [6.07, 6.45) is 0.231. The zero-order chi connectivity index (χ0) is 7.84. The molecule has 50 valence electrons. The number of hydrogen-bond donors (Lipinski definition) is 1. The van der Waals surface area contributed by atoms with Crippen LogP contribution in [0, 0.1) is 6.92 Å². The fourth-order valence-corrected chi connectivity index (χ4v) is 1.05. The summed E-state index contributed by atoms with van der Waals surface area (Å²) < 4.78 is 7.25. The summed E-state index contributed by atoms with van der Waals surface area (Å²) in [5, 5.41) is 0. The van der Waals surface area contributed by atoms with E-state index in [1.807, 2.05) is 25.1 Å². The minimum atomic E-state index is 0.231. The number of rotatable bonds is 0. The van der Waals surface area contributed by atoms with Crippen LogP contribution in [0.2, 0.25) is 0 Å². The van der Waals surface area contributed by atoms with Gasteiger partial charge in [-0.3, -0.25) is 0 Å². The van der Waals surface area contributed by atoms with Crippen LogP contribution < -0.4 is 0 Å². The molecule has 0 atom stereocenters. The predicted molar refractivity (Wildman–Crippen MR) is 40.8 cm³/mol. The third-order valence-electron chi connectivity index (χ3n) is 1.61. The molecule has 0 unspecified atom stereocenters. The number of nitrogens with one attached hydrogen (secondary N) is 1. The van der Waals surface area contributed by atoms with Crippen molar-refractivity contribution in [3.8, 4) is 0 Å². The van der Waals surface area contributed by atoms with E-state index < -0.39 is 0 Å². The maximum Gasteiger partial charge on any atom is 0.104 e. The SMILES string of the molecule is [2H]c1nc2cccc(C)c2[nH]1. The summed E-state index contributed by atoms with van der Waals surface area (Å²) in [6, 6.07) is 5.84. The second kappa shape index (κ2) is 1.84. The number of imidazole rings is 1. The third kappa shape index (κ3) is 0.620. The zero-order valence-corrected chi connectivity index (χ0v) is 5.68. The highest BCUT2D eigenvalue weighted by Crippen LogP contribution is 2.11. The highest BCUT2D eigenvalue weighted by molar-refractivity contribution is 5.77. The first kappa shape index (κ1) is 4.50. The molecule has 0 aliphatic heterocycles. The lowest BCUT2D eigenvalue weighted by Gasteiger charge is -1.90. The van der Waals surface area contributed by atoms with Crippen LogP contribution in [-0.2, 0) is 0 Å². The van der Waals surface area contributed by atoms with Crippen LogP contribution in [0.15, 0.2) is 24.5 Å². The van der Waals surface area contributed by atoms with E-state index in [-0.39, 0.29) is 6.30 Å². The van der Waals surface area contributed by atoms with E-state index in [9.17, 15) is 0 Å². The molecule has 0 fully saturated rings. The van der Waals surface area contributed by atoms with E-state index in [0.29, 0.717) is 0 Å². The van der Waals surface area contributed by atoms with Crippen LogP contribution in [0.25, 0.3) is 11.0 Å². The minimum Gasteiger partial charge on any atom is -0.344 e. The number of nitrogens with zero attached hydrogens (tertiary/aromatic N) is 1. The van der Waals surface area contributed by atoms with E-state index in [2.05, 4.69) is 9.97 Å². The molecule has 0 spiro atoms. The number of hydrogen-bond acceptors (Lipinski definition) is 1. The van der Waals surface area contributed by atoms with Gasteiger partial charge in [0.15, 0.2) is 0 Å². The first-order valence-corrected chi connectivity index (χ1v) is 3.19. The summed E-state index contributed by atoms with van der Waals surface area (Å²) in [5.74, 6) is 0. The van der Waals surface area contributed by atoms with Gasteiger partial charge in [-0.15, -0.1) is 0 Å². The number of fused-ring (bicyclic) bond motifs is 1. The Bertz CT molecular complexity index is 392. The van der Waals surface area contributed by atoms with E-state index in [4.69, 9.17) is 1.37 Å². The predicted octanol–water partition coefficient (Wildman–Crippen LogP) is 1.87. The van der Waals surface area contributed by atoms with Gasteiger partial charge in [-0.1, -0.05) is 12.1 Å². The first-order chi connectivity index (χ1) is 5.27. The van der Waals surface area contributed by atoms with Gasteiger partial charge in [-0.25, -0.2) is 4.98 Å². The number of H-pyrrole nitrogens is 1. The fourth-order valence-electron chi connectivity index (χ4n) is 1.05. The highest BCUT2D eigenvalue weighted by atomic mass is 14.9. The zero-order valence-electron chi connectivity index (χ0n) is 6.68. The molecule has 0 bridgehead atoms. The van der Waals surface area contributed by atoms with Gasteiger partial charge in [0.05, 0.1) is 17.3 Å². The van der Waals surface area contributed by atoms with Crippen molar-refractivity contribution >= 4 is 11.0 Å². The summed E-state index contributed by atoms with van der Waals surface area (Å²) in [5.41, 5.74) is 2.97. The van der Waals surface area contributed by atoms with Crippen molar-refractivity contribution in [1.29, 1.82) is 0 Å². The lowest BCUT2D eigenvalue weighted by atomic mass is 10.2. The standard InChI is InChI=1S/C8H8N2/c1-6-3-2-4-7-8(6)10-5-9-7/h2-5H,1H3,(H,9,10)/i5D. The second-order valence-electron chi connectivity index (χ2n) is 2.32. The van der Waals surface area contributed by atoms with Crippen molar-refractivity contribution in [2.75, 3.05) is 0 Å². The summed E-state index contributed by atoms with van der Waals surface area (Å²) in [6.45, 7) is 2.00. The van der Waals surface area contributed by atoms with Crippen LogP contribution in [0.3, 0.4) is 0 Å². The Hall–Kier alpha value is -1.31. The molecule has 1 aromatic carbocycles. The van der Waals surface area contributed by atoms with Gasteiger partial charge in [0, 0.05) is 0 Å². The average Bonchev–Trinajstić information content (AvgIpc) is 2.31. The van der Waals surface area contributed by atoms with Crippen LogP contribution in [0.4, 0.5) is 0 Å². The van der Waals surface area contributed by atoms with Gasteiger partial charge in [0.25, 0.3) is 0 Å². The van der Waals surface area contributed by atoms with Crippen LogP contribution in [0.5, 0.6) is 0 Å². The van der Waals surface area contributed by atoms with Crippen molar-refractivity contribution in [3.05, 3.63) is 30.1 Å². The molecule has 0 aliphatic rings. The van der Waals surface area contributed by atoms with Gasteiger partial charge in [0.1, 0.15) is 1.37 Å². The van der Waals surface area contributed by atoms with E-state index in [0.717, 1.165) is 16.6 Å². The molecular formula is C8H8N2. The molecule has 1 N–H and O–H groups in total. The monoisotopic (exact) mass is 133 g/mol. The summed E-state index contributed by atoms with van der Waals surface area (Å²) in [4.78, 5) is 6.87. The molecule has 0 saturated carbocycles. The van der Waals surface area contributed by atoms with E-state index in [1.54, 1.807) is 0 Å². The Morgan fingerprint density at radius 3 is 3.30 bits per heavy atom. The lowest BCUT2D eigenvalue weighted by molar-refractivity contribution is 1.34. The Morgan fingerprint density at radius 2 is 2.50 bits per heavy atom. The maximum absolute atomic E-state index is 7.25. The van der Waals surface area contributed by atoms with Crippen molar-refractivity contribution < 1.29 is 1.37 Å². The number of aryl methyl sites for hydroxylation is 1. The molecular weight excluding hydrogens is 124 g/mol. The van der Waals surface area contributed by atoms with Gasteiger partial charge in [-0.2, -0.15) is 0 Å². The Balaban J connectivity index is 2.90. The summed E-state index contributed by atoms with van der Waals surface area (Å²) in [7, 11) is 0. The first-order valence-electron chi connectivity index (χ1n) is 3.69. The summed E-state index contributed by atoms with van der Waals surface area (Å²) >= 11 is 0. The molecule has 10 heavy (non-hydrogen) atoms. The van der Waals surface area contributed by atoms with Crippen LogP contribution in [0.1, 0.15) is 6.93 Å². The molecule has 1 aromatic heterocycles. The third-order valence-corrected chi connectivity index (χ3v) is 1.61. The molecule has 0 amide bonds. The van der Waals surface area contributed by atoms with Crippen molar-refractivity contribution in [2.24, 2.45) is 0 Å². The van der Waals surface area contributed by atoms with E-state index >= 15 is 0 Å². The van der Waals surface area contributed by atoms with E-state index in [1.165, 1.54) is 0 Å². The average molecular weight is 133 g/mol. The normalized spacial score (nSPS) is 11.9. The quantitative estimate of drug-likeness (QED) is 0.584. The molecule has 1 heterocycles. The minimum absolute atomic E-state index is 0.231. The van der Waals surface area contributed by atoms with Crippen LogP contribution in [-0.4, -0.2) is 9.97 Å². The molecule has 0 radical (unpaired) electrons. The largest absolute Gasteiger partial charge is 0.344 e. The van der Waals surface area contributed by atoms with Crippen molar-refractivity contribution in [2.45, 2.75) is 6.92 Å². The molecule has 2 nitrogen and oxygen atoms in total. The molecule has 2 rings (SSSR count). The van der Waals surface area contributed by atoms with Crippen molar-refractivity contribution in [3.63, 3.8) is 0 Å². The Kier molecular flexibility index (Phi) is 0.826. The Morgan fingerprint density at radius 1 is 1.60 bits per heavy atom. The van der Waals surface area contributed by atoms with Gasteiger partial charge < -0.3 is 4.98 Å². The lowest BCUT2D eigenvalue weighted by Crippen LogP contribution is -1.73. The van der Waals surface area contributed by atoms with Crippen LogP contribution >= 0.6 is 0 Å². The smallest absolute Gasteiger partial charge is 0.104 e. The van der Waals surface area contributed by atoms with Crippen molar-refractivity contribution in [1.82, 2.24) is 9.97 Å². The number of para-hydroxylation sites is 1. The molecule has 0 aliphatic carbocycles. The number of benzene rings is 1. The number of aromatic nitrogens is 2. The fraction of sp³-hybridized carbons (Fsp3) is 0.125. The molecule has 0 saturated heterocycles. The Labute approximate surface area is 60.3 Å². The van der Waals surface area contributed by atoms with Gasteiger partial charge in [-0.05, 0) is 18.6 Å².